The third kappa shape index (κ3) is 9.48. The molecular weight excluding hydrogens is 568 g/mol. The average Bonchev–Trinajstić information content (AvgIpc) is 3.02. The number of hydrogen-bond donors (Lipinski definition) is 0. The van der Waals surface area contributed by atoms with E-state index in [1.165, 1.54) is 56.9 Å². The summed E-state index contributed by atoms with van der Waals surface area (Å²) in [5, 5.41) is 0. The van der Waals surface area contributed by atoms with Crippen molar-refractivity contribution in [3.05, 3.63) is 57.6 Å². The smallest absolute Gasteiger partial charge is 0.343 e. The average molecular weight is 631 g/mol. The Labute approximate surface area is 280 Å². The number of esters is 1. The molecule has 1 aliphatic carbocycles. The van der Waals surface area contributed by atoms with E-state index in [1.807, 2.05) is 19.1 Å². The zero-order valence-electron chi connectivity index (χ0n) is 30.4. The van der Waals surface area contributed by atoms with Gasteiger partial charge >= 0.3 is 5.97 Å². The fraction of sp³-hybridized carbons (Fsp3) is 0.667. The Balaban J connectivity index is 1.30. The molecule has 0 spiro atoms. The Morgan fingerprint density at radius 3 is 2.11 bits per heavy atom. The Morgan fingerprint density at radius 1 is 0.848 bits per heavy atom. The zero-order valence-corrected chi connectivity index (χ0v) is 30.4. The lowest BCUT2D eigenvalue weighted by Crippen LogP contribution is -2.37. The van der Waals surface area contributed by atoms with Gasteiger partial charge in [-0.1, -0.05) is 91.2 Å². The molecule has 1 aliphatic heterocycles. The molecule has 1 saturated carbocycles. The van der Waals surface area contributed by atoms with Gasteiger partial charge < -0.3 is 9.47 Å². The summed E-state index contributed by atoms with van der Waals surface area (Å²) in [5.41, 5.74) is 5.55. The maximum Gasteiger partial charge on any atom is 0.343 e. The van der Waals surface area contributed by atoms with E-state index >= 15 is 0 Å². The van der Waals surface area contributed by atoms with Crippen molar-refractivity contribution in [1.29, 1.82) is 0 Å². The first-order valence-corrected chi connectivity index (χ1v) is 18.5. The summed E-state index contributed by atoms with van der Waals surface area (Å²) in [6, 6.07) is 7.46. The minimum absolute atomic E-state index is 0.0382. The van der Waals surface area contributed by atoms with Crippen molar-refractivity contribution in [3.63, 3.8) is 0 Å². The molecule has 4 rings (SSSR count). The minimum atomic E-state index is -0.358. The summed E-state index contributed by atoms with van der Waals surface area (Å²) in [6.07, 6.45) is 17.2. The number of carbonyl (C=O) groups is 2. The summed E-state index contributed by atoms with van der Waals surface area (Å²) in [7, 11) is 0. The van der Waals surface area contributed by atoms with Crippen LogP contribution in [0.3, 0.4) is 0 Å². The molecule has 2 aromatic carbocycles. The van der Waals surface area contributed by atoms with Gasteiger partial charge in [0.2, 0.25) is 0 Å². The second-order valence-electron chi connectivity index (χ2n) is 15.7. The topological polar surface area (TPSA) is 52.6 Å². The van der Waals surface area contributed by atoms with Crippen molar-refractivity contribution in [2.24, 2.45) is 17.8 Å². The van der Waals surface area contributed by atoms with E-state index < -0.39 is 0 Å². The summed E-state index contributed by atoms with van der Waals surface area (Å²) in [4.78, 5) is 25.7. The fourth-order valence-electron chi connectivity index (χ4n) is 7.75. The molecule has 1 unspecified atom stereocenters. The lowest BCUT2D eigenvalue weighted by molar-refractivity contribution is -0.121. The lowest BCUT2D eigenvalue weighted by atomic mass is 9.83. The molecule has 1 heterocycles. The van der Waals surface area contributed by atoms with Crippen LogP contribution < -0.4 is 9.47 Å². The number of rotatable bonds is 15. The molecule has 0 aromatic heterocycles. The second kappa shape index (κ2) is 16.5. The highest BCUT2D eigenvalue weighted by atomic mass is 16.5. The van der Waals surface area contributed by atoms with Crippen LogP contribution in [0.5, 0.6) is 11.5 Å². The molecule has 2 aliphatic rings. The number of benzene rings is 2. The van der Waals surface area contributed by atoms with Crippen LogP contribution in [0.4, 0.5) is 0 Å². The SMILES string of the molecule is Cc1c(C)c2c(c(C)c1OC(=O)c1ccc(C3CCCCC3=O)cc1)CC[C@](C)(CCC[C@H](C)CCC[C@H](C)CCCC(C)C)O2. The van der Waals surface area contributed by atoms with E-state index in [2.05, 4.69) is 48.5 Å². The minimum Gasteiger partial charge on any atom is -0.487 e. The highest BCUT2D eigenvalue weighted by Gasteiger charge is 2.35. The van der Waals surface area contributed by atoms with Crippen molar-refractivity contribution in [2.75, 3.05) is 0 Å². The predicted octanol–water partition coefficient (Wildman–Crippen LogP) is 11.6. The van der Waals surface area contributed by atoms with Crippen molar-refractivity contribution in [1.82, 2.24) is 0 Å². The summed E-state index contributed by atoms with van der Waals surface area (Å²) >= 11 is 0. The predicted molar refractivity (Wildman–Crippen MR) is 190 cm³/mol. The summed E-state index contributed by atoms with van der Waals surface area (Å²) < 4.78 is 12.9. The van der Waals surface area contributed by atoms with Gasteiger partial charge in [0.1, 0.15) is 22.9 Å². The number of ether oxygens (including phenoxy) is 2. The van der Waals surface area contributed by atoms with Crippen molar-refractivity contribution < 1.29 is 19.1 Å². The Hall–Kier alpha value is -2.62. The first kappa shape index (κ1) is 36.2. The van der Waals surface area contributed by atoms with Gasteiger partial charge in [-0.05, 0) is 118 Å². The van der Waals surface area contributed by atoms with Crippen LogP contribution in [0, 0.1) is 38.5 Å². The van der Waals surface area contributed by atoms with E-state index in [0.29, 0.717) is 23.5 Å². The van der Waals surface area contributed by atoms with E-state index in [-0.39, 0.29) is 17.5 Å². The first-order chi connectivity index (χ1) is 21.9. The van der Waals surface area contributed by atoms with Crippen LogP contribution in [-0.4, -0.2) is 17.4 Å². The number of ketones is 1. The van der Waals surface area contributed by atoms with Crippen LogP contribution in [0.1, 0.15) is 169 Å². The lowest BCUT2D eigenvalue weighted by Gasteiger charge is -2.38. The Kier molecular flexibility index (Phi) is 13.0. The highest BCUT2D eigenvalue weighted by Crippen LogP contribution is 2.45. The van der Waals surface area contributed by atoms with Crippen LogP contribution in [-0.2, 0) is 11.2 Å². The summed E-state index contributed by atoms with van der Waals surface area (Å²) in [5.74, 6) is 4.00. The first-order valence-electron chi connectivity index (χ1n) is 18.5. The molecule has 254 valence electrons. The Bertz CT molecular complexity index is 1320. The normalized spacial score (nSPS) is 21.1. The molecule has 4 atom stereocenters. The highest BCUT2D eigenvalue weighted by molar-refractivity contribution is 5.92. The van der Waals surface area contributed by atoms with Gasteiger partial charge in [0, 0.05) is 17.9 Å². The maximum absolute atomic E-state index is 13.3. The second-order valence-corrected chi connectivity index (χ2v) is 15.7. The van der Waals surface area contributed by atoms with Crippen LogP contribution in [0.25, 0.3) is 0 Å². The van der Waals surface area contributed by atoms with Gasteiger partial charge in [-0.2, -0.15) is 0 Å². The van der Waals surface area contributed by atoms with Crippen LogP contribution >= 0.6 is 0 Å². The molecule has 4 nitrogen and oxygen atoms in total. The number of hydrogen-bond acceptors (Lipinski definition) is 4. The molecule has 4 heteroatoms. The molecule has 0 N–H and O–H groups in total. The van der Waals surface area contributed by atoms with E-state index in [9.17, 15) is 9.59 Å². The van der Waals surface area contributed by atoms with E-state index in [0.717, 1.165) is 84.3 Å². The standard InChI is InChI=1S/C42H62O4/c1-28(2)14-11-15-29(3)16-12-17-30(4)18-13-26-42(8)27-25-36-33(7)39(31(5)32(6)40(36)46-42)45-41(44)35-23-21-34(22-24-35)37-19-9-10-20-38(37)43/h21-24,28-30,37H,9-20,25-27H2,1-8H3/t29-,30-,37?,42+/m1/s1. The third-order valence-corrected chi connectivity index (χ3v) is 11.1. The van der Waals surface area contributed by atoms with Gasteiger partial charge in [0.15, 0.2) is 0 Å². The molecular formula is C42H62O4. The molecule has 0 bridgehead atoms. The molecule has 1 fully saturated rings. The number of fused-ring (bicyclic) bond motifs is 1. The maximum atomic E-state index is 13.3. The molecule has 2 aromatic rings. The fourth-order valence-corrected chi connectivity index (χ4v) is 7.75. The molecule has 0 saturated heterocycles. The molecule has 46 heavy (non-hydrogen) atoms. The van der Waals surface area contributed by atoms with Gasteiger partial charge in [-0.25, -0.2) is 4.79 Å². The van der Waals surface area contributed by atoms with Crippen LogP contribution in [0.15, 0.2) is 24.3 Å². The van der Waals surface area contributed by atoms with Gasteiger partial charge in [0.05, 0.1) is 5.56 Å². The van der Waals surface area contributed by atoms with Gasteiger partial charge in [-0.15, -0.1) is 0 Å². The zero-order chi connectivity index (χ0) is 33.4. The molecule has 0 amide bonds. The largest absolute Gasteiger partial charge is 0.487 e. The third-order valence-electron chi connectivity index (χ3n) is 11.1. The quantitative estimate of drug-likeness (QED) is 0.145. The number of Topliss-reactive ketones (excluding diaryl/α,β-unsaturated/α-hetero) is 1. The van der Waals surface area contributed by atoms with Crippen molar-refractivity contribution >= 4 is 11.8 Å². The van der Waals surface area contributed by atoms with E-state index in [4.69, 9.17) is 9.47 Å². The number of carbonyl (C=O) groups excluding carboxylic acids is 2. The monoisotopic (exact) mass is 630 g/mol. The van der Waals surface area contributed by atoms with Crippen LogP contribution in [0.2, 0.25) is 0 Å². The van der Waals surface area contributed by atoms with Gasteiger partial charge in [0.25, 0.3) is 0 Å². The molecule has 0 radical (unpaired) electrons. The van der Waals surface area contributed by atoms with Crippen molar-refractivity contribution in [3.8, 4) is 11.5 Å². The summed E-state index contributed by atoms with van der Waals surface area (Å²) in [6.45, 7) is 18.0. The van der Waals surface area contributed by atoms with E-state index in [1.54, 1.807) is 12.1 Å². The van der Waals surface area contributed by atoms with Gasteiger partial charge in [-0.3, -0.25) is 4.79 Å². The van der Waals surface area contributed by atoms with Crippen molar-refractivity contribution in [2.45, 2.75) is 163 Å². The Morgan fingerprint density at radius 2 is 1.48 bits per heavy atom.